The molecule has 1 amide bonds. The minimum atomic E-state index is -0.149. The molecule has 0 unspecified atom stereocenters. The maximum atomic E-state index is 12.0. The van der Waals surface area contributed by atoms with Crippen LogP contribution >= 0.6 is 11.8 Å². The first-order valence-corrected chi connectivity index (χ1v) is 9.18. The number of benzene rings is 2. The van der Waals surface area contributed by atoms with Crippen molar-refractivity contribution >= 4 is 40.5 Å². The molecule has 1 heterocycles. The molecule has 132 valence electrons. The van der Waals surface area contributed by atoms with Crippen molar-refractivity contribution in [3.63, 3.8) is 0 Å². The molecule has 0 aliphatic rings. The molecule has 0 aliphatic heterocycles. The predicted octanol–water partition coefficient (Wildman–Crippen LogP) is 3.54. The Labute approximate surface area is 157 Å². The molecule has 0 fully saturated rings. The molecule has 3 aromatic rings. The summed E-state index contributed by atoms with van der Waals surface area (Å²) in [5, 5.41) is 5.09. The molecule has 0 bridgehead atoms. The number of rotatable bonds is 6. The molecule has 0 atom stereocenters. The van der Waals surface area contributed by atoms with Gasteiger partial charge in [0.2, 0.25) is 5.91 Å². The molecular formula is C20H20N4OS. The zero-order valence-electron chi connectivity index (χ0n) is 14.7. The van der Waals surface area contributed by atoms with Crippen molar-refractivity contribution in [1.29, 1.82) is 0 Å². The molecule has 1 N–H and O–H groups in total. The fourth-order valence-corrected chi connectivity index (χ4v) is 3.24. The number of nitrogens with zero attached hydrogens (tertiary/aromatic N) is 3. The molecular weight excluding hydrogens is 344 g/mol. The standard InChI is InChI=1S/C20H20N4OS/c1-24(2)17-10-8-15(9-11-17)13-22-23-19(25)14-26-18-7-3-5-16-6-4-12-21-20(16)18/h3-13H,14H2,1-2H3,(H,23,25)/b22-13+. The van der Waals surface area contributed by atoms with E-state index < -0.39 is 0 Å². The maximum Gasteiger partial charge on any atom is 0.250 e. The molecule has 0 radical (unpaired) electrons. The topological polar surface area (TPSA) is 57.6 Å². The summed E-state index contributed by atoms with van der Waals surface area (Å²) >= 11 is 1.46. The van der Waals surface area contributed by atoms with Gasteiger partial charge in [-0.15, -0.1) is 11.8 Å². The van der Waals surface area contributed by atoms with E-state index in [0.29, 0.717) is 0 Å². The number of pyridine rings is 1. The number of carbonyl (C=O) groups is 1. The van der Waals surface area contributed by atoms with Gasteiger partial charge in [-0.05, 0) is 29.8 Å². The van der Waals surface area contributed by atoms with E-state index in [-0.39, 0.29) is 11.7 Å². The van der Waals surface area contributed by atoms with Gasteiger partial charge in [0, 0.05) is 36.3 Å². The van der Waals surface area contributed by atoms with E-state index >= 15 is 0 Å². The molecule has 0 spiro atoms. The number of nitrogens with one attached hydrogen (secondary N) is 1. The minimum Gasteiger partial charge on any atom is -0.378 e. The highest BCUT2D eigenvalue weighted by Gasteiger charge is 2.06. The third-order valence-corrected chi connectivity index (χ3v) is 4.81. The van der Waals surface area contributed by atoms with Gasteiger partial charge in [0.1, 0.15) is 0 Å². The lowest BCUT2D eigenvalue weighted by atomic mass is 10.2. The van der Waals surface area contributed by atoms with Crippen LogP contribution in [-0.4, -0.2) is 37.0 Å². The van der Waals surface area contributed by atoms with Gasteiger partial charge in [0.25, 0.3) is 0 Å². The van der Waals surface area contributed by atoms with Crippen molar-refractivity contribution in [3.05, 3.63) is 66.4 Å². The number of hydrogen-bond donors (Lipinski definition) is 1. The Morgan fingerprint density at radius 2 is 1.92 bits per heavy atom. The van der Waals surface area contributed by atoms with Crippen molar-refractivity contribution in [2.45, 2.75) is 4.90 Å². The number of anilines is 1. The second-order valence-electron chi connectivity index (χ2n) is 5.90. The molecule has 0 saturated heterocycles. The fourth-order valence-electron chi connectivity index (χ4n) is 2.41. The van der Waals surface area contributed by atoms with Gasteiger partial charge in [-0.2, -0.15) is 5.10 Å². The largest absolute Gasteiger partial charge is 0.378 e. The van der Waals surface area contributed by atoms with Crippen LogP contribution in [-0.2, 0) is 4.79 Å². The van der Waals surface area contributed by atoms with E-state index in [1.165, 1.54) is 11.8 Å². The van der Waals surface area contributed by atoms with Crippen LogP contribution in [0, 0.1) is 0 Å². The molecule has 6 heteroatoms. The first-order valence-electron chi connectivity index (χ1n) is 8.19. The van der Waals surface area contributed by atoms with E-state index in [2.05, 4.69) is 15.5 Å². The van der Waals surface area contributed by atoms with Gasteiger partial charge in [-0.25, -0.2) is 5.43 Å². The zero-order valence-corrected chi connectivity index (χ0v) is 15.5. The fraction of sp³-hybridized carbons (Fsp3) is 0.150. The number of thioether (sulfide) groups is 1. The lowest BCUT2D eigenvalue weighted by Gasteiger charge is -2.11. The number of para-hydroxylation sites is 1. The highest BCUT2D eigenvalue weighted by atomic mass is 32.2. The number of hydrazone groups is 1. The molecule has 0 aliphatic carbocycles. The Bertz CT molecular complexity index is 917. The number of amides is 1. The first-order chi connectivity index (χ1) is 12.6. The highest BCUT2D eigenvalue weighted by Crippen LogP contribution is 2.25. The van der Waals surface area contributed by atoms with Crippen molar-refractivity contribution in [1.82, 2.24) is 10.4 Å². The van der Waals surface area contributed by atoms with Crippen LogP contribution in [0.3, 0.4) is 0 Å². The maximum absolute atomic E-state index is 12.0. The van der Waals surface area contributed by atoms with Gasteiger partial charge >= 0.3 is 0 Å². The minimum absolute atomic E-state index is 0.149. The van der Waals surface area contributed by atoms with Crippen LogP contribution in [0.5, 0.6) is 0 Å². The Kier molecular flexibility index (Phi) is 5.86. The quantitative estimate of drug-likeness (QED) is 0.413. The third-order valence-electron chi connectivity index (χ3n) is 3.77. The van der Waals surface area contributed by atoms with Gasteiger partial charge < -0.3 is 4.90 Å². The van der Waals surface area contributed by atoms with Gasteiger partial charge in [0.05, 0.1) is 17.5 Å². The molecule has 3 rings (SSSR count). The second-order valence-corrected chi connectivity index (χ2v) is 6.92. The monoisotopic (exact) mass is 364 g/mol. The summed E-state index contributed by atoms with van der Waals surface area (Å²) < 4.78 is 0. The van der Waals surface area contributed by atoms with Crippen LogP contribution in [0.25, 0.3) is 10.9 Å². The van der Waals surface area contributed by atoms with Crippen LogP contribution in [0.4, 0.5) is 5.69 Å². The molecule has 0 saturated carbocycles. The summed E-state index contributed by atoms with van der Waals surface area (Å²) in [4.78, 5) is 19.4. The number of fused-ring (bicyclic) bond motifs is 1. The normalized spacial score (nSPS) is 11.0. The summed E-state index contributed by atoms with van der Waals surface area (Å²) in [7, 11) is 3.99. The Hall–Kier alpha value is -2.86. The highest BCUT2D eigenvalue weighted by molar-refractivity contribution is 8.00. The SMILES string of the molecule is CN(C)c1ccc(/C=N/NC(=O)CSc2cccc3cccnc23)cc1. The van der Waals surface area contributed by atoms with E-state index in [1.807, 2.05) is 73.6 Å². The van der Waals surface area contributed by atoms with Crippen LogP contribution in [0.2, 0.25) is 0 Å². The van der Waals surface area contributed by atoms with Gasteiger partial charge in [0.15, 0.2) is 0 Å². The van der Waals surface area contributed by atoms with Crippen LogP contribution in [0.15, 0.2) is 70.8 Å². The smallest absolute Gasteiger partial charge is 0.250 e. The van der Waals surface area contributed by atoms with Gasteiger partial charge in [-0.3, -0.25) is 9.78 Å². The third kappa shape index (κ3) is 4.61. The lowest BCUT2D eigenvalue weighted by molar-refractivity contribution is -0.118. The zero-order chi connectivity index (χ0) is 18.4. The Morgan fingerprint density at radius 1 is 1.15 bits per heavy atom. The van der Waals surface area contributed by atoms with Crippen LogP contribution in [0.1, 0.15) is 5.56 Å². The molecule has 5 nitrogen and oxygen atoms in total. The molecule has 1 aromatic heterocycles. The first kappa shape index (κ1) is 17.9. The van der Waals surface area contributed by atoms with E-state index in [1.54, 1.807) is 12.4 Å². The van der Waals surface area contributed by atoms with Crippen molar-refractivity contribution in [2.24, 2.45) is 5.10 Å². The number of aromatic nitrogens is 1. The molecule has 2 aromatic carbocycles. The van der Waals surface area contributed by atoms with Crippen LogP contribution < -0.4 is 10.3 Å². The summed E-state index contributed by atoms with van der Waals surface area (Å²) in [6, 6.07) is 17.8. The summed E-state index contributed by atoms with van der Waals surface area (Å²) in [5.74, 6) is 0.135. The van der Waals surface area contributed by atoms with E-state index in [0.717, 1.165) is 27.0 Å². The number of carbonyl (C=O) groups excluding carboxylic acids is 1. The molecule has 26 heavy (non-hydrogen) atoms. The van der Waals surface area contributed by atoms with E-state index in [9.17, 15) is 4.79 Å². The second kappa shape index (κ2) is 8.49. The summed E-state index contributed by atoms with van der Waals surface area (Å²) in [6.45, 7) is 0. The lowest BCUT2D eigenvalue weighted by Crippen LogP contribution is -2.19. The summed E-state index contributed by atoms with van der Waals surface area (Å²) in [5.41, 5.74) is 5.53. The average Bonchev–Trinajstić information content (AvgIpc) is 2.66. The Balaban J connectivity index is 1.54. The predicted molar refractivity (Wildman–Crippen MR) is 109 cm³/mol. The number of hydrogen-bond acceptors (Lipinski definition) is 5. The van der Waals surface area contributed by atoms with Gasteiger partial charge in [-0.1, -0.05) is 30.3 Å². The van der Waals surface area contributed by atoms with Crippen molar-refractivity contribution in [3.8, 4) is 0 Å². The average molecular weight is 364 g/mol. The summed E-state index contributed by atoms with van der Waals surface area (Å²) in [6.07, 6.45) is 3.40. The van der Waals surface area contributed by atoms with E-state index in [4.69, 9.17) is 0 Å². The van der Waals surface area contributed by atoms with Crippen molar-refractivity contribution < 1.29 is 4.79 Å². The Morgan fingerprint density at radius 3 is 2.69 bits per heavy atom. The van der Waals surface area contributed by atoms with Crippen molar-refractivity contribution in [2.75, 3.05) is 24.7 Å².